The van der Waals surface area contributed by atoms with E-state index in [0.29, 0.717) is 9.88 Å². The zero-order chi connectivity index (χ0) is 14.1. The lowest BCUT2D eigenvalue weighted by molar-refractivity contribution is 1.15. The summed E-state index contributed by atoms with van der Waals surface area (Å²) in [4.78, 5) is 3.16. The standard InChI is InChI=1S/C15H13N3S2/c1-10-6-2-3-7-11(10)16-14(19)18-13-9-5-4-8-12(13)17-15(18)20/h2-9H,1H3,(H,16,19)(H,17,20). The highest BCUT2D eigenvalue weighted by atomic mass is 32.1. The molecule has 100 valence electrons. The first-order chi connectivity index (χ1) is 9.66. The van der Waals surface area contributed by atoms with Crippen LogP contribution in [0.25, 0.3) is 11.0 Å². The summed E-state index contributed by atoms with van der Waals surface area (Å²) >= 11 is 10.9. The fourth-order valence-corrected chi connectivity index (χ4v) is 2.80. The number of thiocarbonyl (C=S) groups is 1. The molecule has 0 fully saturated rings. The fraction of sp³-hybridized carbons (Fsp3) is 0.0667. The summed E-state index contributed by atoms with van der Waals surface area (Å²) in [5.74, 6) is 0. The molecule has 0 atom stereocenters. The van der Waals surface area contributed by atoms with Crippen LogP contribution in [-0.4, -0.2) is 14.7 Å². The molecule has 5 heteroatoms. The number of aromatic amines is 1. The van der Waals surface area contributed by atoms with Crippen LogP contribution >= 0.6 is 24.4 Å². The van der Waals surface area contributed by atoms with Gasteiger partial charge in [-0.05, 0) is 55.1 Å². The number of benzene rings is 2. The summed E-state index contributed by atoms with van der Waals surface area (Å²) in [5.41, 5.74) is 4.08. The zero-order valence-electron chi connectivity index (χ0n) is 10.9. The van der Waals surface area contributed by atoms with Gasteiger partial charge in [0.1, 0.15) is 0 Å². The van der Waals surface area contributed by atoms with Crippen molar-refractivity contribution in [2.45, 2.75) is 6.92 Å². The van der Waals surface area contributed by atoms with Crippen LogP contribution in [0.4, 0.5) is 5.69 Å². The molecule has 2 aromatic carbocycles. The Morgan fingerprint density at radius 3 is 2.60 bits per heavy atom. The van der Waals surface area contributed by atoms with Gasteiger partial charge >= 0.3 is 0 Å². The van der Waals surface area contributed by atoms with E-state index < -0.39 is 0 Å². The van der Waals surface area contributed by atoms with Gasteiger partial charge in [0.05, 0.1) is 11.0 Å². The number of hydrogen-bond acceptors (Lipinski definition) is 2. The van der Waals surface area contributed by atoms with E-state index in [1.54, 1.807) is 0 Å². The van der Waals surface area contributed by atoms with E-state index in [1.165, 1.54) is 0 Å². The van der Waals surface area contributed by atoms with Crippen molar-refractivity contribution in [2.24, 2.45) is 0 Å². The quantitative estimate of drug-likeness (QED) is 0.659. The lowest BCUT2D eigenvalue weighted by Crippen LogP contribution is -2.19. The smallest absolute Gasteiger partial charge is 0.184 e. The van der Waals surface area contributed by atoms with Gasteiger partial charge < -0.3 is 10.3 Å². The van der Waals surface area contributed by atoms with E-state index in [-0.39, 0.29) is 0 Å². The maximum atomic E-state index is 5.50. The summed E-state index contributed by atoms with van der Waals surface area (Å²) < 4.78 is 2.43. The monoisotopic (exact) mass is 299 g/mol. The van der Waals surface area contributed by atoms with Crippen molar-refractivity contribution >= 4 is 46.3 Å². The van der Waals surface area contributed by atoms with E-state index in [2.05, 4.69) is 10.3 Å². The van der Waals surface area contributed by atoms with Gasteiger partial charge in [0.25, 0.3) is 0 Å². The van der Waals surface area contributed by atoms with Crippen molar-refractivity contribution in [3.8, 4) is 0 Å². The highest BCUT2D eigenvalue weighted by Crippen LogP contribution is 2.17. The molecule has 0 amide bonds. The SMILES string of the molecule is Cc1ccccc1NC(=S)n1c(=S)[nH]c2ccccc21. The molecule has 1 heterocycles. The number of anilines is 1. The Bertz CT molecular complexity index is 845. The Morgan fingerprint density at radius 1 is 1.10 bits per heavy atom. The molecule has 0 aliphatic heterocycles. The van der Waals surface area contributed by atoms with Gasteiger partial charge in [-0.3, -0.25) is 4.57 Å². The first-order valence-electron chi connectivity index (χ1n) is 6.23. The van der Waals surface area contributed by atoms with E-state index in [0.717, 1.165) is 22.3 Å². The molecule has 0 bridgehead atoms. The predicted molar refractivity (Wildman–Crippen MR) is 89.9 cm³/mol. The lowest BCUT2D eigenvalue weighted by Gasteiger charge is -2.11. The molecule has 3 aromatic rings. The summed E-state index contributed by atoms with van der Waals surface area (Å²) in [6.45, 7) is 2.04. The van der Waals surface area contributed by atoms with Gasteiger partial charge in [0.2, 0.25) is 0 Å². The van der Waals surface area contributed by atoms with Crippen molar-refractivity contribution < 1.29 is 0 Å². The maximum Gasteiger partial charge on any atom is 0.184 e. The second-order valence-electron chi connectivity index (χ2n) is 4.53. The second-order valence-corrected chi connectivity index (χ2v) is 5.30. The van der Waals surface area contributed by atoms with Gasteiger partial charge in [0.15, 0.2) is 9.88 Å². The molecule has 3 rings (SSSR count). The number of aromatic nitrogens is 2. The fourth-order valence-electron chi connectivity index (χ4n) is 2.14. The minimum absolute atomic E-state index is 0.571. The van der Waals surface area contributed by atoms with Gasteiger partial charge in [-0.25, -0.2) is 0 Å². The van der Waals surface area contributed by atoms with Crippen LogP contribution in [-0.2, 0) is 0 Å². The van der Waals surface area contributed by atoms with Crippen LogP contribution < -0.4 is 5.32 Å². The van der Waals surface area contributed by atoms with Crippen molar-refractivity contribution in [1.82, 2.24) is 9.55 Å². The van der Waals surface area contributed by atoms with E-state index in [4.69, 9.17) is 24.4 Å². The molecule has 0 radical (unpaired) electrons. The first-order valence-corrected chi connectivity index (χ1v) is 7.05. The number of para-hydroxylation sites is 3. The largest absolute Gasteiger partial charge is 0.332 e. The summed E-state index contributed by atoms with van der Waals surface area (Å²) in [5, 5.41) is 3.82. The highest BCUT2D eigenvalue weighted by Gasteiger charge is 2.09. The third-order valence-corrected chi connectivity index (χ3v) is 3.75. The van der Waals surface area contributed by atoms with Crippen LogP contribution in [0.15, 0.2) is 48.5 Å². The molecular weight excluding hydrogens is 286 g/mol. The van der Waals surface area contributed by atoms with Crippen LogP contribution in [0.2, 0.25) is 0 Å². The number of fused-ring (bicyclic) bond motifs is 1. The molecule has 0 saturated heterocycles. The van der Waals surface area contributed by atoms with E-state index in [1.807, 2.05) is 60.0 Å². The zero-order valence-corrected chi connectivity index (χ0v) is 12.5. The lowest BCUT2D eigenvalue weighted by atomic mass is 10.2. The maximum absolute atomic E-state index is 5.50. The topological polar surface area (TPSA) is 32.8 Å². The van der Waals surface area contributed by atoms with Crippen molar-refractivity contribution in [1.29, 1.82) is 0 Å². The molecule has 0 spiro atoms. The van der Waals surface area contributed by atoms with Gasteiger partial charge in [0, 0.05) is 5.69 Å². The number of nitrogens with one attached hydrogen (secondary N) is 2. The van der Waals surface area contributed by atoms with Crippen molar-refractivity contribution in [3.63, 3.8) is 0 Å². The van der Waals surface area contributed by atoms with Crippen LogP contribution in [0, 0.1) is 11.7 Å². The average molecular weight is 299 g/mol. The third-order valence-electron chi connectivity index (χ3n) is 3.18. The van der Waals surface area contributed by atoms with Crippen LogP contribution in [0.1, 0.15) is 5.56 Å². The average Bonchev–Trinajstić information content (AvgIpc) is 2.77. The normalized spacial score (nSPS) is 10.7. The Morgan fingerprint density at radius 2 is 1.80 bits per heavy atom. The number of H-pyrrole nitrogens is 1. The minimum Gasteiger partial charge on any atom is -0.332 e. The van der Waals surface area contributed by atoms with Gasteiger partial charge in [-0.15, -0.1) is 0 Å². The minimum atomic E-state index is 0.571. The predicted octanol–water partition coefficient (Wildman–Crippen LogP) is 4.25. The van der Waals surface area contributed by atoms with Crippen molar-refractivity contribution in [3.05, 3.63) is 58.9 Å². The number of rotatable bonds is 1. The molecular formula is C15H13N3S2. The molecule has 0 aliphatic carbocycles. The summed E-state index contributed by atoms with van der Waals surface area (Å²) in [6, 6.07) is 15.9. The number of imidazole rings is 1. The molecule has 20 heavy (non-hydrogen) atoms. The molecule has 0 saturated carbocycles. The van der Waals surface area contributed by atoms with Gasteiger partial charge in [-0.1, -0.05) is 30.3 Å². The number of hydrogen-bond donors (Lipinski definition) is 2. The Kier molecular flexibility index (Phi) is 3.38. The Labute approximate surface area is 127 Å². The molecule has 0 unspecified atom stereocenters. The van der Waals surface area contributed by atoms with Crippen LogP contribution in [0.3, 0.4) is 0 Å². The van der Waals surface area contributed by atoms with Crippen molar-refractivity contribution in [2.75, 3.05) is 5.32 Å². The van der Waals surface area contributed by atoms with E-state index in [9.17, 15) is 0 Å². The Balaban J connectivity index is 2.04. The Hall–Kier alpha value is -1.98. The second kappa shape index (κ2) is 5.19. The van der Waals surface area contributed by atoms with E-state index >= 15 is 0 Å². The molecule has 1 aromatic heterocycles. The third kappa shape index (κ3) is 2.26. The number of aryl methyl sites for hydroxylation is 1. The number of nitrogens with zero attached hydrogens (tertiary/aromatic N) is 1. The summed E-state index contributed by atoms with van der Waals surface area (Å²) in [7, 11) is 0. The van der Waals surface area contributed by atoms with Crippen LogP contribution in [0.5, 0.6) is 0 Å². The van der Waals surface area contributed by atoms with Gasteiger partial charge in [-0.2, -0.15) is 0 Å². The summed E-state index contributed by atoms with van der Waals surface area (Å²) in [6.07, 6.45) is 0. The first kappa shape index (κ1) is 13.0. The molecule has 0 aliphatic rings. The molecule has 3 nitrogen and oxygen atoms in total. The molecule has 2 N–H and O–H groups in total. The highest BCUT2D eigenvalue weighted by molar-refractivity contribution is 7.80.